The van der Waals surface area contributed by atoms with E-state index in [2.05, 4.69) is 15.6 Å². The Hall–Kier alpha value is -2.11. The highest BCUT2D eigenvalue weighted by atomic mass is 16.4. The van der Waals surface area contributed by atoms with Crippen molar-refractivity contribution in [1.29, 1.82) is 0 Å². The molecule has 0 aliphatic rings. The number of carboxylic acid groups (broad SMARTS) is 1. The molecular weight excluding hydrogens is 222 g/mol. The average molecular weight is 237 g/mol. The van der Waals surface area contributed by atoms with Crippen molar-refractivity contribution in [1.82, 2.24) is 15.6 Å². The highest BCUT2D eigenvalue weighted by molar-refractivity contribution is 5.75. The lowest BCUT2D eigenvalue weighted by molar-refractivity contribution is -0.140. The molecule has 1 aromatic heterocycles. The fraction of sp³-hybridized carbons (Fsp3) is 0.364. The first-order valence-corrected chi connectivity index (χ1v) is 5.23. The largest absolute Gasteiger partial charge is 0.481 e. The highest BCUT2D eigenvalue weighted by Crippen LogP contribution is 1.95. The van der Waals surface area contributed by atoms with Crippen LogP contribution >= 0.6 is 0 Å². The van der Waals surface area contributed by atoms with Crippen molar-refractivity contribution in [3.8, 4) is 0 Å². The van der Waals surface area contributed by atoms with Crippen molar-refractivity contribution in [2.75, 3.05) is 6.54 Å². The van der Waals surface area contributed by atoms with Crippen molar-refractivity contribution in [3.63, 3.8) is 0 Å². The van der Waals surface area contributed by atoms with Crippen LogP contribution in [0.15, 0.2) is 24.5 Å². The standard InChI is InChI=1S/C11H15N3O3/c1-8(10(15)16)6-13-11(17)14-7-9-2-4-12-5-3-9/h2-5,8H,6-7H2,1H3,(H,15,16)(H2,13,14,17). The van der Waals surface area contributed by atoms with E-state index in [0.29, 0.717) is 6.54 Å². The highest BCUT2D eigenvalue weighted by Gasteiger charge is 2.11. The number of hydrogen-bond donors (Lipinski definition) is 3. The van der Waals surface area contributed by atoms with Crippen LogP contribution in [0.25, 0.3) is 0 Å². The molecule has 0 fully saturated rings. The van der Waals surface area contributed by atoms with Gasteiger partial charge in [-0.3, -0.25) is 9.78 Å². The number of carbonyl (C=O) groups excluding carboxylic acids is 1. The van der Waals surface area contributed by atoms with Gasteiger partial charge in [0.15, 0.2) is 0 Å². The topological polar surface area (TPSA) is 91.3 Å². The summed E-state index contributed by atoms with van der Waals surface area (Å²) in [6.45, 7) is 2.03. The van der Waals surface area contributed by atoms with Gasteiger partial charge in [-0.2, -0.15) is 0 Å². The number of amides is 2. The minimum atomic E-state index is -0.931. The van der Waals surface area contributed by atoms with E-state index in [4.69, 9.17) is 5.11 Å². The zero-order valence-corrected chi connectivity index (χ0v) is 9.51. The molecule has 0 saturated carbocycles. The number of carbonyl (C=O) groups is 2. The summed E-state index contributed by atoms with van der Waals surface area (Å²) in [5.74, 6) is -1.53. The van der Waals surface area contributed by atoms with Crippen molar-refractivity contribution in [3.05, 3.63) is 30.1 Å². The van der Waals surface area contributed by atoms with Crippen LogP contribution in [0.5, 0.6) is 0 Å². The molecule has 0 spiro atoms. The monoisotopic (exact) mass is 237 g/mol. The van der Waals surface area contributed by atoms with E-state index in [1.807, 2.05) is 0 Å². The number of hydrogen-bond acceptors (Lipinski definition) is 3. The summed E-state index contributed by atoms with van der Waals surface area (Å²) >= 11 is 0. The molecule has 1 aromatic rings. The number of aliphatic carboxylic acids is 1. The van der Waals surface area contributed by atoms with Gasteiger partial charge in [0, 0.05) is 25.5 Å². The van der Waals surface area contributed by atoms with Crippen LogP contribution in [-0.4, -0.2) is 28.6 Å². The van der Waals surface area contributed by atoms with Gasteiger partial charge in [-0.05, 0) is 17.7 Å². The zero-order valence-electron chi connectivity index (χ0n) is 9.51. The number of nitrogens with zero attached hydrogens (tertiary/aromatic N) is 1. The lowest BCUT2D eigenvalue weighted by Crippen LogP contribution is -2.38. The molecule has 0 aliphatic heterocycles. The minimum Gasteiger partial charge on any atom is -0.481 e. The third-order valence-electron chi connectivity index (χ3n) is 2.19. The Kier molecular flexibility index (Phi) is 4.93. The van der Waals surface area contributed by atoms with E-state index in [1.54, 1.807) is 24.5 Å². The third-order valence-corrected chi connectivity index (χ3v) is 2.19. The minimum absolute atomic E-state index is 0.109. The fourth-order valence-electron chi connectivity index (χ4n) is 1.08. The fourth-order valence-corrected chi connectivity index (χ4v) is 1.08. The molecule has 17 heavy (non-hydrogen) atoms. The molecule has 1 heterocycles. The molecule has 2 amide bonds. The Labute approximate surface area is 99.1 Å². The van der Waals surface area contributed by atoms with Gasteiger partial charge in [0.2, 0.25) is 0 Å². The summed E-state index contributed by atoms with van der Waals surface area (Å²) in [7, 11) is 0. The molecule has 0 bridgehead atoms. The summed E-state index contributed by atoms with van der Waals surface area (Å²) in [5.41, 5.74) is 0.932. The van der Waals surface area contributed by atoms with Crippen LogP contribution < -0.4 is 10.6 Å². The number of nitrogens with one attached hydrogen (secondary N) is 2. The van der Waals surface area contributed by atoms with E-state index >= 15 is 0 Å². The van der Waals surface area contributed by atoms with E-state index in [-0.39, 0.29) is 12.6 Å². The summed E-state index contributed by atoms with van der Waals surface area (Å²) in [6, 6.07) is 3.20. The molecule has 6 nitrogen and oxygen atoms in total. The number of carboxylic acids is 1. The Balaban J connectivity index is 2.24. The normalized spacial score (nSPS) is 11.6. The van der Waals surface area contributed by atoms with Gasteiger partial charge < -0.3 is 15.7 Å². The molecule has 3 N–H and O–H groups in total. The smallest absolute Gasteiger partial charge is 0.315 e. The molecule has 0 radical (unpaired) electrons. The SMILES string of the molecule is CC(CNC(=O)NCc1ccncc1)C(=O)O. The molecule has 0 saturated heterocycles. The number of rotatable bonds is 5. The van der Waals surface area contributed by atoms with Crippen LogP contribution in [-0.2, 0) is 11.3 Å². The Morgan fingerprint density at radius 3 is 2.59 bits per heavy atom. The molecule has 6 heteroatoms. The van der Waals surface area contributed by atoms with E-state index in [1.165, 1.54) is 6.92 Å². The van der Waals surface area contributed by atoms with Crippen LogP contribution in [0.3, 0.4) is 0 Å². The Morgan fingerprint density at radius 1 is 1.35 bits per heavy atom. The van der Waals surface area contributed by atoms with Gasteiger partial charge in [0.1, 0.15) is 0 Å². The van der Waals surface area contributed by atoms with Gasteiger partial charge in [-0.25, -0.2) is 4.79 Å². The summed E-state index contributed by atoms with van der Waals surface area (Å²) < 4.78 is 0. The van der Waals surface area contributed by atoms with Gasteiger partial charge in [-0.15, -0.1) is 0 Å². The molecule has 0 aromatic carbocycles. The van der Waals surface area contributed by atoms with Crippen molar-refractivity contribution in [2.24, 2.45) is 5.92 Å². The van der Waals surface area contributed by atoms with Gasteiger partial charge in [0.25, 0.3) is 0 Å². The first-order valence-electron chi connectivity index (χ1n) is 5.23. The number of aromatic nitrogens is 1. The molecule has 1 atom stereocenters. The second-order valence-corrected chi connectivity index (χ2v) is 3.66. The third kappa shape index (κ3) is 4.96. The van der Waals surface area contributed by atoms with Crippen LogP contribution in [0, 0.1) is 5.92 Å². The van der Waals surface area contributed by atoms with E-state index in [9.17, 15) is 9.59 Å². The van der Waals surface area contributed by atoms with Gasteiger partial charge in [0.05, 0.1) is 5.92 Å². The number of urea groups is 1. The maximum absolute atomic E-state index is 11.3. The van der Waals surface area contributed by atoms with Crippen LogP contribution in [0.2, 0.25) is 0 Å². The first-order chi connectivity index (χ1) is 8.09. The zero-order chi connectivity index (χ0) is 12.7. The average Bonchev–Trinajstić information content (AvgIpc) is 2.34. The molecular formula is C11H15N3O3. The maximum Gasteiger partial charge on any atom is 0.315 e. The summed E-state index contributed by atoms with van der Waals surface area (Å²) in [5, 5.41) is 13.7. The first kappa shape index (κ1) is 13.0. The van der Waals surface area contributed by atoms with Gasteiger partial charge >= 0.3 is 12.0 Å². The second-order valence-electron chi connectivity index (χ2n) is 3.66. The number of pyridine rings is 1. The van der Waals surface area contributed by atoms with Crippen molar-refractivity contribution < 1.29 is 14.7 Å². The summed E-state index contributed by atoms with van der Waals surface area (Å²) in [6.07, 6.45) is 3.28. The molecule has 0 aliphatic carbocycles. The Bertz CT molecular complexity index is 381. The van der Waals surface area contributed by atoms with E-state index in [0.717, 1.165) is 5.56 Å². The lowest BCUT2D eigenvalue weighted by atomic mass is 10.2. The maximum atomic E-state index is 11.3. The van der Waals surface area contributed by atoms with E-state index < -0.39 is 11.9 Å². The van der Waals surface area contributed by atoms with Crippen molar-refractivity contribution >= 4 is 12.0 Å². The predicted molar refractivity (Wildman–Crippen MR) is 61.3 cm³/mol. The van der Waals surface area contributed by atoms with Crippen LogP contribution in [0.1, 0.15) is 12.5 Å². The summed E-state index contributed by atoms with van der Waals surface area (Å²) in [4.78, 5) is 25.7. The lowest BCUT2D eigenvalue weighted by Gasteiger charge is -2.09. The molecule has 92 valence electrons. The quantitative estimate of drug-likeness (QED) is 0.699. The molecule has 1 unspecified atom stereocenters. The van der Waals surface area contributed by atoms with Gasteiger partial charge in [-0.1, -0.05) is 6.92 Å². The predicted octanol–water partition coefficient (Wildman–Crippen LogP) is 0.601. The van der Waals surface area contributed by atoms with Crippen LogP contribution in [0.4, 0.5) is 4.79 Å². The van der Waals surface area contributed by atoms with Crippen molar-refractivity contribution in [2.45, 2.75) is 13.5 Å². The second kappa shape index (κ2) is 6.47. The molecule has 1 rings (SSSR count). The Morgan fingerprint density at radius 2 is 2.00 bits per heavy atom.